The van der Waals surface area contributed by atoms with Crippen LogP contribution in [0.25, 0.3) is 0 Å². The van der Waals surface area contributed by atoms with Gasteiger partial charge in [-0.3, -0.25) is 0 Å². The molecule has 0 saturated carbocycles. The van der Waals surface area contributed by atoms with Crippen LogP contribution in [0.1, 0.15) is 18.9 Å². The van der Waals surface area contributed by atoms with E-state index in [0.717, 1.165) is 30.3 Å². The number of rotatable bonds is 5. The van der Waals surface area contributed by atoms with Gasteiger partial charge in [-0.15, -0.1) is 0 Å². The number of para-hydroxylation sites is 1. The second kappa shape index (κ2) is 6.13. The van der Waals surface area contributed by atoms with Crippen LogP contribution < -0.4 is 10.6 Å². The fourth-order valence-corrected chi connectivity index (χ4v) is 1.83. The monoisotopic (exact) mass is 260 g/mol. The highest BCUT2D eigenvalue weighted by Gasteiger charge is 2.08. The van der Waals surface area contributed by atoms with Gasteiger partial charge in [-0.2, -0.15) is 4.98 Å². The third-order valence-corrected chi connectivity index (χ3v) is 2.76. The predicted molar refractivity (Wildman–Crippen MR) is 75.3 cm³/mol. The van der Waals surface area contributed by atoms with Crippen LogP contribution in [-0.4, -0.2) is 17.0 Å². The summed E-state index contributed by atoms with van der Waals surface area (Å²) in [7, 11) is 1.70. The van der Waals surface area contributed by atoms with Crippen LogP contribution >= 0.6 is 0 Å². The quantitative estimate of drug-likeness (QED) is 0.865. The molecule has 5 heteroatoms. The average Bonchev–Trinajstić information content (AvgIpc) is 2.43. The molecule has 2 rings (SSSR count). The number of anilines is 3. The number of aryl methyl sites for hydroxylation is 1. The smallest absolute Gasteiger partial charge is 0.224 e. The van der Waals surface area contributed by atoms with Crippen molar-refractivity contribution in [3.63, 3.8) is 0 Å². The van der Waals surface area contributed by atoms with Crippen LogP contribution in [0.5, 0.6) is 0 Å². The average molecular weight is 260 g/mol. The van der Waals surface area contributed by atoms with E-state index in [2.05, 4.69) is 27.5 Å². The fourth-order valence-electron chi connectivity index (χ4n) is 1.83. The van der Waals surface area contributed by atoms with Gasteiger partial charge >= 0.3 is 0 Å². The molecule has 1 heterocycles. The molecule has 0 aliphatic heterocycles. The molecule has 100 valence electrons. The van der Waals surface area contributed by atoms with Gasteiger partial charge in [0.15, 0.2) is 11.6 Å². The van der Waals surface area contributed by atoms with Gasteiger partial charge in [0.2, 0.25) is 5.95 Å². The SMILES string of the molecule is CCCc1ccccc1Nc1nc(NC)ncc1F. The molecule has 0 bridgehead atoms. The van der Waals surface area contributed by atoms with Crippen molar-refractivity contribution in [2.75, 3.05) is 17.7 Å². The topological polar surface area (TPSA) is 49.8 Å². The first kappa shape index (κ1) is 13.3. The summed E-state index contributed by atoms with van der Waals surface area (Å²) in [6.07, 6.45) is 3.13. The van der Waals surface area contributed by atoms with Gasteiger partial charge in [0, 0.05) is 12.7 Å². The van der Waals surface area contributed by atoms with Crippen LogP contribution in [0.15, 0.2) is 30.5 Å². The molecule has 4 nitrogen and oxygen atoms in total. The van der Waals surface area contributed by atoms with Gasteiger partial charge < -0.3 is 10.6 Å². The number of hydrogen-bond acceptors (Lipinski definition) is 4. The standard InChI is InChI=1S/C14H17FN4/c1-3-6-10-7-4-5-8-12(10)18-13-11(15)9-17-14(16-2)19-13/h4-5,7-9H,3,6H2,1-2H3,(H2,16,17,18,19). The summed E-state index contributed by atoms with van der Waals surface area (Å²) in [4.78, 5) is 7.90. The molecule has 0 radical (unpaired) electrons. The summed E-state index contributed by atoms with van der Waals surface area (Å²) in [5.74, 6) is 0.102. The summed E-state index contributed by atoms with van der Waals surface area (Å²) in [6, 6.07) is 7.85. The number of halogens is 1. The summed E-state index contributed by atoms with van der Waals surface area (Å²) in [5, 5.41) is 5.83. The normalized spacial score (nSPS) is 10.3. The molecule has 2 N–H and O–H groups in total. The van der Waals surface area contributed by atoms with Gasteiger partial charge in [-0.1, -0.05) is 31.5 Å². The van der Waals surface area contributed by atoms with Gasteiger partial charge in [0.25, 0.3) is 0 Å². The minimum atomic E-state index is -0.467. The Morgan fingerprint density at radius 1 is 1.26 bits per heavy atom. The Bertz CT molecular complexity index is 557. The molecular weight excluding hydrogens is 243 g/mol. The van der Waals surface area contributed by atoms with Gasteiger partial charge in [0.1, 0.15) is 0 Å². The van der Waals surface area contributed by atoms with E-state index in [4.69, 9.17) is 0 Å². The lowest BCUT2D eigenvalue weighted by molar-refractivity contribution is 0.619. The molecule has 19 heavy (non-hydrogen) atoms. The zero-order chi connectivity index (χ0) is 13.7. The zero-order valence-corrected chi connectivity index (χ0v) is 11.1. The first-order chi connectivity index (χ1) is 9.24. The molecule has 0 spiro atoms. The van der Waals surface area contributed by atoms with E-state index in [9.17, 15) is 4.39 Å². The second-order valence-electron chi connectivity index (χ2n) is 4.17. The van der Waals surface area contributed by atoms with Crippen molar-refractivity contribution < 1.29 is 4.39 Å². The van der Waals surface area contributed by atoms with Crippen molar-refractivity contribution in [1.82, 2.24) is 9.97 Å². The van der Waals surface area contributed by atoms with Crippen molar-refractivity contribution in [3.05, 3.63) is 41.8 Å². The van der Waals surface area contributed by atoms with Crippen molar-refractivity contribution >= 4 is 17.5 Å². The Kier molecular flexibility index (Phi) is 4.28. The van der Waals surface area contributed by atoms with Crippen LogP contribution in [-0.2, 0) is 6.42 Å². The first-order valence-electron chi connectivity index (χ1n) is 6.29. The van der Waals surface area contributed by atoms with Crippen LogP contribution in [0.4, 0.5) is 21.8 Å². The van der Waals surface area contributed by atoms with E-state index in [1.165, 1.54) is 0 Å². The summed E-state index contributed by atoms with van der Waals surface area (Å²) in [5.41, 5.74) is 2.03. The van der Waals surface area contributed by atoms with E-state index >= 15 is 0 Å². The maximum atomic E-state index is 13.7. The Morgan fingerprint density at radius 2 is 2.05 bits per heavy atom. The highest BCUT2D eigenvalue weighted by molar-refractivity contribution is 5.61. The van der Waals surface area contributed by atoms with E-state index in [0.29, 0.717) is 5.95 Å². The van der Waals surface area contributed by atoms with Gasteiger partial charge in [-0.05, 0) is 18.1 Å². The predicted octanol–water partition coefficient (Wildman–Crippen LogP) is 3.35. The van der Waals surface area contributed by atoms with Crippen molar-refractivity contribution in [1.29, 1.82) is 0 Å². The number of aromatic nitrogens is 2. The first-order valence-corrected chi connectivity index (χ1v) is 6.29. The third-order valence-electron chi connectivity index (χ3n) is 2.76. The van der Waals surface area contributed by atoms with E-state index in [-0.39, 0.29) is 5.82 Å². The molecule has 1 aromatic carbocycles. The second-order valence-corrected chi connectivity index (χ2v) is 4.17. The maximum Gasteiger partial charge on any atom is 0.224 e. The molecule has 0 saturated heterocycles. The maximum absolute atomic E-state index is 13.7. The largest absolute Gasteiger partial charge is 0.357 e. The van der Waals surface area contributed by atoms with Gasteiger partial charge in [0.05, 0.1) is 6.20 Å². The zero-order valence-electron chi connectivity index (χ0n) is 11.1. The molecular formula is C14H17FN4. The lowest BCUT2D eigenvalue weighted by Crippen LogP contribution is -2.04. The van der Waals surface area contributed by atoms with Crippen molar-refractivity contribution in [2.45, 2.75) is 19.8 Å². The molecule has 0 atom stereocenters. The van der Waals surface area contributed by atoms with E-state index < -0.39 is 5.82 Å². The molecule has 0 aliphatic carbocycles. The summed E-state index contributed by atoms with van der Waals surface area (Å²) < 4.78 is 13.7. The molecule has 0 unspecified atom stereocenters. The molecule has 0 fully saturated rings. The number of benzene rings is 1. The minimum absolute atomic E-state index is 0.183. The third kappa shape index (κ3) is 3.19. The number of nitrogens with one attached hydrogen (secondary N) is 2. The van der Waals surface area contributed by atoms with Crippen LogP contribution in [0, 0.1) is 5.82 Å². The number of hydrogen-bond donors (Lipinski definition) is 2. The summed E-state index contributed by atoms with van der Waals surface area (Å²) in [6.45, 7) is 2.11. The Hall–Kier alpha value is -2.17. The molecule has 0 aliphatic rings. The Balaban J connectivity index is 2.30. The molecule has 1 aromatic heterocycles. The highest BCUT2D eigenvalue weighted by atomic mass is 19.1. The van der Waals surface area contributed by atoms with E-state index in [1.807, 2.05) is 24.3 Å². The van der Waals surface area contributed by atoms with Crippen molar-refractivity contribution in [3.8, 4) is 0 Å². The lowest BCUT2D eigenvalue weighted by Gasteiger charge is -2.12. The molecule has 2 aromatic rings. The van der Waals surface area contributed by atoms with Crippen molar-refractivity contribution in [2.24, 2.45) is 0 Å². The van der Waals surface area contributed by atoms with E-state index in [1.54, 1.807) is 7.05 Å². The number of nitrogens with zero attached hydrogens (tertiary/aromatic N) is 2. The minimum Gasteiger partial charge on any atom is -0.357 e. The lowest BCUT2D eigenvalue weighted by atomic mass is 10.1. The Morgan fingerprint density at radius 3 is 2.79 bits per heavy atom. The Labute approximate surface area is 112 Å². The summed E-state index contributed by atoms with van der Waals surface area (Å²) >= 11 is 0. The van der Waals surface area contributed by atoms with Crippen LogP contribution in [0.2, 0.25) is 0 Å². The highest BCUT2D eigenvalue weighted by Crippen LogP contribution is 2.22. The van der Waals surface area contributed by atoms with Gasteiger partial charge in [-0.25, -0.2) is 9.37 Å². The molecule has 0 amide bonds. The fraction of sp³-hybridized carbons (Fsp3) is 0.286. The van der Waals surface area contributed by atoms with Crippen LogP contribution in [0.3, 0.4) is 0 Å².